The Kier molecular flexibility index (Phi) is 4.06. The zero-order valence-corrected chi connectivity index (χ0v) is 11.7. The smallest absolute Gasteiger partial charge is 0.189 e. The molecular weight excluding hydrogens is 276 g/mol. The molecule has 0 saturated carbocycles. The monoisotopic (exact) mass is 290 g/mol. The Morgan fingerprint density at radius 3 is 2.14 bits per heavy atom. The number of nitrogens with zero attached hydrogens (tertiary/aromatic N) is 4. The lowest BCUT2D eigenvalue weighted by Crippen LogP contribution is -2.16. The second kappa shape index (κ2) is 6.49. The molecule has 22 heavy (non-hydrogen) atoms. The molecule has 0 spiro atoms. The predicted octanol–water partition coefficient (Wildman–Crippen LogP) is 2.88. The molecule has 1 N–H and O–H groups in total. The quantitative estimate of drug-likeness (QED) is 0.516. The Balaban J connectivity index is 1.79. The maximum atomic E-state index is 9.54. The van der Waals surface area contributed by atoms with Gasteiger partial charge in [-0.2, -0.15) is 4.73 Å². The summed E-state index contributed by atoms with van der Waals surface area (Å²) in [5.41, 5.74) is 2.81. The molecular formula is C17H14N4O. The first-order valence-electron chi connectivity index (χ1n) is 6.80. The highest BCUT2D eigenvalue weighted by Gasteiger charge is 1.99. The summed E-state index contributed by atoms with van der Waals surface area (Å²) in [6.45, 7) is 0. The van der Waals surface area contributed by atoms with E-state index in [1.807, 2.05) is 54.6 Å². The molecule has 1 heterocycles. The Bertz CT molecular complexity index is 824. The first-order valence-corrected chi connectivity index (χ1v) is 6.80. The summed E-state index contributed by atoms with van der Waals surface area (Å²) in [7, 11) is 0. The molecule has 5 nitrogen and oxygen atoms in total. The van der Waals surface area contributed by atoms with E-state index in [-0.39, 0.29) is 0 Å². The summed E-state index contributed by atoms with van der Waals surface area (Å²) in [5.74, 6) is 0. The van der Waals surface area contributed by atoms with Crippen LogP contribution in [-0.2, 0) is 0 Å². The van der Waals surface area contributed by atoms with Gasteiger partial charge in [0, 0.05) is 6.20 Å². The molecule has 0 bridgehead atoms. The molecule has 1 aliphatic rings. The Labute approximate surface area is 127 Å². The van der Waals surface area contributed by atoms with Gasteiger partial charge >= 0.3 is 0 Å². The van der Waals surface area contributed by atoms with E-state index in [4.69, 9.17) is 0 Å². The van der Waals surface area contributed by atoms with Crippen molar-refractivity contribution in [2.75, 3.05) is 0 Å². The third kappa shape index (κ3) is 3.46. The van der Waals surface area contributed by atoms with Crippen molar-refractivity contribution in [1.82, 2.24) is 4.73 Å². The van der Waals surface area contributed by atoms with Gasteiger partial charge in [0.25, 0.3) is 0 Å². The van der Waals surface area contributed by atoms with Crippen molar-refractivity contribution in [1.29, 1.82) is 0 Å². The summed E-state index contributed by atoms with van der Waals surface area (Å²) in [6.07, 6.45) is 8.90. The maximum Gasteiger partial charge on any atom is 0.189 e. The van der Waals surface area contributed by atoms with Crippen LogP contribution >= 0.6 is 0 Å². The number of hydrogen-bond acceptors (Lipinski definition) is 4. The van der Waals surface area contributed by atoms with Crippen molar-refractivity contribution in [3.05, 3.63) is 84.5 Å². The molecule has 0 fully saturated rings. The van der Waals surface area contributed by atoms with Crippen molar-refractivity contribution in [2.24, 2.45) is 15.2 Å². The Hall–Kier alpha value is -3.21. The van der Waals surface area contributed by atoms with Gasteiger partial charge in [-0.25, -0.2) is 4.99 Å². The molecule has 108 valence electrons. The normalized spacial score (nSPS) is 14.3. The molecule has 0 unspecified atom stereocenters. The van der Waals surface area contributed by atoms with Crippen molar-refractivity contribution in [3.8, 4) is 0 Å². The van der Waals surface area contributed by atoms with Gasteiger partial charge in [-0.05, 0) is 48.6 Å². The topological polar surface area (TPSA) is 62.2 Å². The zero-order chi connectivity index (χ0) is 15.2. The van der Waals surface area contributed by atoms with Crippen LogP contribution in [0.5, 0.6) is 0 Å². The van der Waals surface area contributed by atoms with Gasteiger partial charge in [-0.3, -0.25) is 0 Å². The number of aromatic nitrogens is 1. The van der Waals surface area contributed by atoms with Crippen LogP contribution < -0.4 is 5.49 Å². The Morgan fingerprint density at radius 2 is 1.41 bits per heavy atom. The largest absolute Gasteiger partial charge is 0.427 e. The fourth-order valence-corrected chi connectivity index (χ4v) is 1.86. The summed E-state index contributed by atoms with van der Waals surface area (Å²) >= 11 is 0. The first-order chi connectivity index (χ1) is 10.8. The van der Waals surface area contributed by atoms with Gasteiger partial charge in [0.1, 0.15) is 0 Å². The highest BCUT2D eigenvalue weighted by molar-refractivity contribution is 6.18. The van der Waals surface area contributed by atoms with Gasteiger partial charge in [-0.1, -0.05) is 24.3 Å². The average Bonchev–Trinajstić information content (AvgIpc) is 2.56. The number of hydrogen-bond donors (Lipinski definition) is 1. The van der Waals surface area contributed by atoms with Crippen molar-refractivity contribution >= 4 is 17.1 Å². The molecule has 1 aromatic heterocycles. The van der Waals surface area contributed by atoms with Gasteiger partial charge in [0.05, 0.1) is 17.1 Å². The van der Waals surface area contributed by atoms with E-state index in [0.29, 0.717) is 11.2 Å². The van der Waals surface area contributed by atoms with E-state index in [1.54, 1.807) is 18.2 Å². The molecule has 0 saturated heterocycles. The highest BCUT2D eigenvalue weighted by atomic mass is 16.5. The van der Waals surface area contributed by atoms with Gasteiger partial charge < -0.3 is 5.21 Å². The molecule has 2 aromatic rings. The first kappa shape index (κ1) is 13.8. The molecule has 0 amide bonds. The van der Waals surface area contributed by atoms with E-state index in [0.717, 1.165) is 16.1 Å². The molecule has 5 heteroatoms. The fourth-order valence-electron chi connectivity index (χ4n) is 1.86. The number of pyridine rings is 1. The van der Waals surface area contributed by atoms with Crippen LogP contribution in [0.25, 0.3) is 0 Å². The maximum absolute atomic E-state index is 9.54. The fraction of sp³-hybridized carbons (Fsp3) is 0. The lowest BCUT2D eigenvalue weighted by molar-refractivity contribution is 0.171. The predicted molar refractivity (Wildman–Crippen MR) is 86.4 cm³/mol. The zero-order valence-electron chi connectivity index (χ0n) is 11.7. The minimum absolute atomic E-state index is 0.362. The number of benzene rings is 1. The summed E-state index contributed by atoms with van der Waals surface area (Å²) in [4.78, 5) is 4.50. The minimum atomic E-state index is 0.362. The van der Waals surface area contributed by atoms with Gasteiger partial charge in [-0.15, -0.1) is 10.2 Å². The van der Waals surface area contributed by atoms with Crippen LogP contribution in [0.1, 0.15) is 0 Å². The summed E-state index contributed by atoms with van der Waals surface area (Å²) in [6, 6.07) is 14.9. The van der Waals surface area contributed by atoms with Crippen LogP contribution in [0.3, 0.4) is 0 Å². The number of allylic oxidation sites excluding steroid dienone is 4. The second-order valence-electron chi connectivity index (χ2n) is 4.57. The SMILES string of the molecule is On1cccc/c1=N\N=C1C=CC(=Nc2ccccc2)C=C1. The number of para-hydroxylation sites is 1. The van der Waals surface area contributed by atoms with E-state index in [2.05, 4.69) is 15.2 Å². The van der Waals surface area contributed by atoms with Crippen molar-refractivity contribution < 1.29 is 5.21 Å². The average molecular weight is 290 g/mol. The highest BCUT2D eigenvalue weighted by Crippen LogP contribution is 2.12. The van der Waals surface area contributed by atoms with Crippen LogP contribution in [0.4, 0.5) is 5.69 Å². The lowest BCUT2D eigenvalue weighted by atomic mass is 10.1. The molecule has 3 rings (SSSR count). The van der Waals surface area contributed by atoms with Gasteiger partial charge in [0.15, 0.2) is 5.49 Å². The molecule has 0 aliphatic heterocycles. The van der Waals surface area contributed by atoms with Gasteiger partial charge in [0.2, 0.25) is 0 Å². The molecule has 0 atom stereocenters. The van der Waals surface area contributed by atoms with Crippen molar-refractivity contribution in [3.63, 3.8) is 0 Å². The Morgan fingerprint density at radius 1 is 0.727 bits per heavy atom. The van der Waals surface area contributed by atoms with E-state index >= 15 is 0 Å². The van der Waals surface area contributed by atoms with E-state index in [1.165, 1.54) is 6.20 Å². The minimum Gasteiger partial charge on any atom is -0.427 e. The standard InChI is InChI=1S/C17H14N4O/c22-21-13-5-4-8-17(21)20-19-16-11-9-15(10-12-16)18-14-6-2-1-3-7-14/h1-13,22H/b18-15?,19-16?,20-17+. The lowest BCUT2D eigenvalue weighted by Gasteiger charge is -2.01. The number of rotatable bonds is 2. The van der Waals surface area contributed by atoms with Crippen LogP contribution in [0.2, 0.25) is 0 Å². The number of aliphatic imine (C=N–C) groups is 1. The van der Waals surface area contributed by atoms with Crippen LogP contribution in [0, 0.1) is 0 Å². The van der Waals surface area contributed by atoms with Crippen molar-refractivity contribution in [2.45, 2.75) is 0 Å². The summed E-state index contributed by atoms with van der Waals surface area (Å²) < 4.78 is 0.919. The second-order valence-corrected chi connectivity index (χ2v) is 4.57. The molecule has 1 aliphatic carbocycles. The molecule has 1 aromatic carbocycles. The van der Waals surface area contributed by atoms with E-state index < -0.39 is 0 Å². The van der Waals surface area contributed by atoms with E-state index in [9.17, 15) is 5.21 Å². The van der Waals surface area contributed by atoms with Crippen LogP contribution in [-0.4, -0.2) is 21.4 Å². The molecule has 0 radical (unpaired) electrons. The summed E-state index contributed by atoms with van der Waals surface area (Å²) in [5, 5.41) is 17.6. The third-order valence-corrected chi connectivity index (χ3v) is 2.95. The van der Waals surface area contributed by atoms with Crippen LogP contribution in [0.15, 0.2) is 94.2 Å². The third-order valence-electron chi connectivity index (χ3n) is 2.95.